The van der Waals surface area contributed by atoms with Crippen molar-refractivity contribution in [3.8, 4) is 5.82 Å². The Hall–Kier alpha value is -2.37. The lowest BCUT2D eigenvalue weighted by molar-refractivity contribution is 0.0690. The molecule has 2 aromatic rings. The Morgan fingerprint density at radius 1 is 1.50 bits per heavy atom. The average Bonchev–Trinajstić information content (AvgIpc) is 2.58. The van der Waals surface area contributed by atoms with E-state index in [4.69, 9.17) is 10.8 Å². The summed E-state index contributed by atoms with van der Waals surface area (Å²) >= 11 is 0. The molecule has 2 aromatic heterocycles. The van der Waals surface area contributed by atoms with Crippen LogP contribution in [0.1, 0.15) is 16.2 Å². The van der Waals surface area contributed by atoms with Gasteiger partial charge in [-0.05, 0) is 19.1 Å². The Morgan fingerprint density at radius 2 is 2.25 bits per heavy atom. The van der Waals surface area contributed by atoms with Gasteiger partial charge in [-0.15, -0.1) is 5.10 Å². The molecule has 0 radical (unpaired) electrons. The number of aromatic nitrogens is 3. The van der Waals surface area contributed by atoms with Gasteiger partial charge in [0.05, 0.1) is 0 Å². The van der Waals surface area contributed by atoms with Gasteiger partial charge in [0, 0.05) is 11.8 Å². The highest BCUT2D eigenvalue weighted by molar-refractivity contribution is 5.85. The van der Waals surface area contributed by atoms with Crippen LogP contribution in [0, 0.1) is 6.92 Å². The molecule has 0 spiro atoms. The Labute approximate surface area is 91.3 Å². The first-order chi connectivity index (χ1) is 7.58. The van der Waals surface area contributed by atoms with E-state index in [0.29, 0.717) is 11.6 Å². The Balaban J connectivity index is 2.52. The summed E-state index contributed by atoms with van der Waals surface area (Å²) in [5.41, 5.74) is 6.31. The molecule has 0 fully saturated rings. The van der Waals surface area contributed by atoms with Crippen molar-refractivity contribution in [3.05, 3.63) is 35.7 Å². The van der Waals surface area contributed by atoms with Crippen molar-refractivity contribution < 1.29 is 9.90 Å². The highest BCUT2D eigenvalue weighted by atomic mass is 16.4. The molecule has 16 heavy (non-hydrogen) atoms. The van der Waals surface area contributed by atoms with Crippen LogP contribution in [-0.2, 0) is 0 Å². The minimum Gasteiger partial charge on any atom is -0.477 e. The SMILES string of the molecule is Cc1cc(N)nn1-c1cccc(C(=O)O)n1. The molecule has 0 aliphatic rings. The first-order valence-corrected chi connectivity index (χ1v) is 4.61. The van der Waals surface area contributed by atoms with Gasteiger partial charge in [-0.2, -0.15) is 0 Å². The number of hydrogen-bond donors (Lipinski definition) is 2. The number of rotatable bonds is 2. The second-order valence-corrected chi connectivity index (χ2v) is 3.31. The molecule has 0 aliphatic heterocycles. The van der Waals surface area contributed by atoms with Gasteiger partial charge >= 0.3 is 5.97 Å². The summed E-state index contributed by atoms with van der Waals surface area (Å²) in [7, 11) is 0. The van der Waals surface area contributed by atoms with Crippen LogP contribution in [0.3, 0.4) is 0 Å². The molecular weight excluding hydrogens is 208 g/mol. The number of hydrogen-bond acceptors (Lipinski definition) is 4. The monoisotopic (exact) mass is 218 g/mol. The molecule has 6 heteroatoms. The zero-order chi connectivity index (χ0) is 11.7. The first kappa shape index (κ1) is 10.2. The lowest BCUT2D eigenvalue weighted by Gasteiger charge is -2.03. The van der Waals surface area contributed by atoms with Gasteiger partial charge in [-0.1, -0.05) is 6.07 Å². The second-order valence-electron chi connectivity index (χ2n) is 3.31. The number of carbonyl (C=O) groups is 1. The minimum absolute atomic E-state index is 0.0222. The fraction of sp³-hybridized carbons (Fsp3) is 0.100. The molecule has 0 bridgehead atoms. The minimum atomic E-state index is -1.07. The molecule has 0 saturated heterocycles. The van der Waals surface area contributed by atoms with Gasteiger partial charge < -0.3 is 10.8 Å². The van der Waals surface area contributed by atoms with Gasteiger partial charge in [0.15, 0.2) is 11.5 Å². The molecular formula is C10H10N4O2. The summed E-state index contributed by atoms with van der Waals surface area (Å²) in [5, 5.41) is 12.8. The number of carboxylic acid groups (broad SMARTS) is 1. The van der Waals surface area contributed by atoms with Gasteiger partial charge in [0.2, 0.25) is 0 Å². The summed E-state index contributed by atoms with van der Waals surface area (Å²) < 4.78 is 1.50. The second kappa shape index (κ2) is 3.65. The normalized spacial score (nSPS) is 10.3. The van der Waals surface area contributed by atoms with Crippen molar-refractivity contribution in [2.45, 2.75) is 6.92 Å². The quantitative estimate of drug-likeness (QED) is 0.779. The maximum Gasteiger partial charge on any atom is 0.354 e. The van der Waals surface area contributed by atoms with Gasteiger partial charge in [0.1, 0.15) is 5.82 Å². The van der Waals surface area contributed by atoms with Gasteiger partial charge in [0.25, 0.3) is 0 Å². The molecule has 6 nitrogen and oxygen atoms in total. The van der Waals surface area contributed by atoms with Crippen LogP contribution in [0.15, 0.2) is 24.3 Å². The van der Waals surface area contributed by atoms with Crippen LogP contribution in [0.4, 0.5) is 5.82 Å². The van der Waals surface area contributed by atoms with Crippen molar-refractivity contribution in [2.75, 3.05) is 5.73 Å². The van der Waals surface area contributed by atoms with Gasteiger partial charge in [-0.25, -0.2) is 14.5 Å². The maximum absolute atomic E-state index is 10.8. The van der Waals surface area contributed by atoms with E-state index >= 15 is 0 Å². The third-order valence-corrected chi connectivity index (χ3v) is 2.08. The van der Waals surface area contributed by atoms with Crippen molar-refractivity contribution >= 4 is 11.8 Å². The van der Waals surface area contributed by atoms with Crippen molar-refractivity contribution in [3.63, 3.8) is 0 Å². The molecule has 82 valence electrons. The largest absolute Gasteiger partial charge is 0.477 e. The molecule has 2 rings (SSSR count). The maximum atomic E-state index is 10.8. The lowest BCUT2D eigenvalue weighted by Crippen LogP contribution is -2.07. The standard InChI is InChI=1S/C10H10N4O2/c1-6-5-8(11)13-14(6)9-4-2-3-7(12-9)10(15)16/h2-5H,1H3,(H2,11,13)(H,15,16). The highest BCUT2D eigenvalue weighted by Crippen LogP contribution is 2.11. The number of pyridine rings is 1. The fourth-order valence-corrected chi connectivity index (χ4v) is 1.39. The van der Waals surface area contributed by atoms with Gasteiger partial charge in [-0.3, -0.25) is 0 Å². The summed E-state index contributed by atoms with van der Waals surface area (Å²) in [6.07, 6.45) is 0. The van der Waals surface area contributed by atoms with Crippen molar-refractivity contribution in [1.82, 2.24) is 14.8 Å². The van der Waals surface area contributed by atoms with Crippen molar-refractivity contribution in [1.29, 1.82) is 0 Å². The zero-order valence-corrected chi connectivity index (χ0v) is 8.58. The summed E-state index contributed by atoms with van der Waals surface area (Å²) in [6, 6.07) is 6.40. The van der Waals surface area contributed by atoms with Crippen LogP contribution < -0.4 is 5.73 Å². The molecule has 3 N–H and O–H groups in total. The Morgan fingerprint density at radius 3 is 2.81 bits per heavy atom. The van der Waals surface area contributed by atoms with Crippen LogP contribution in [0.5, 0.6) is 0 Å². The van der Waals surface area contributed by atoms with E-state index in [1.165, 1.54) is 10.7 Å². The van der Waals surface area contributed by atoms with Crippen LogP contribution in [0.2, 0.25) is 0 Å². The predicted molar refractivity (Wildman–Crippen MR) is 57.5 cm³/mol. The molecule has 0 unspecified atom stereocenters. The predicted octanol–water partition coefficient (Wildman–Crippen LogP) is 0.856. The molecule has 0 atom stereocenters. The number of anilines is 1. The average molecular weight is 218 g/mol. The molecule has 0 saturated carbocycles. The van der Waals surface area contributed by atoms with E-state index in [1.807, 2.05) is 6.92 Å². The van der Waals surface area contributed by atoms with Crippen LogP contribution >= 0.6 is 0 Å². The molecule has 0 aromatic carbocycles. The number of carboxylic acids is 1. The summed E-state index contributed by atoms with van der Waals surface area (Å²) in [6.45, 7) is 1.82. The number of nitrogens with two attached hydrogens (primary N) is 1. The number of aryl methyl sites for hydroxylation is 1. The molecule has 2 heterocycles. The van der Waals surface area contributed by atoms with E-state index < -0.39 is 5.97 Å². The number of aromatic carboxylic acids is 1. The number of nitrogen functional groups attached to an aromatic ring is 1. The summed E-state index contributed by atoms with van der Waals surface area (Å²) in [4.78, 5) is 14.7. The first-order valence-electron chi connectivity index (χ1n) is 4.61. The molecule has 0 aliphatic carbocycles. The fourth-order valence-electron chi connectivity index (χ4n) is 1.39. The molecule has 0 amide bonds. The third kappa shape index (κ3) is 1.72. The zero-order valence-electron chi connectivity index (χ0n) is 8.58. The van der Waals surface area contributed by atoms with E-state index in [-0.39, 0.29) is 5.69 Å². The number of nitrogens with zero attached hydrogens (tertiary/aromatic N) is 3. The van der Waals surface area contributed by atoms with Crippen LogP contribution in [-0.4, -0.2) is 25.8 Å². The Kier molecular flexibility index (Phi) is 2.32. The van der Waals surface area contributed by atoms with E-state index in [2.05, 4.69) is 10.1 Å². The third-order valence-electron chi connectivity index (χ3n) is 2.08. The van der Waals surface area contributed by atoms with Crippen LogP contribution in [0.25, 0.3) is 5.82 Å². The smallest absolute Gasteiger partial charge is 0.354 e. The summed E-state index contributed by atoms with van der Waals surface area (Å²) in [5.74, 6) is -0.256. The highest BCUT2D eigenvalue weighted by Gasteiger charge is 2.09. The van der Waals surface area contributed by atoms with E-state index in [9.17, 15) is 4.79 Å². The van der Waals surface area contributed by atoms with E-state index in [1.54, 1.807) is 18.2 Å². The topological polar surface area (TPSA) is 94.0 Å². The van der Waals surface area contributed by atoms with Crippen molar-refractivity contribution in [2.24, 2.45) is 0 Å². The van der Waals surface area contributed by atoms with E-state index in [0.717, 1.165) is 5.69 Å². The lowest BCUT2D eigenvalue weighted by atomic mass is 10.3. The Bertz CT molecular complexity index is 548.